The second-order valence-corrected chi connectivity index (χ2v) is 8.03. The molecule has 3 aromatic rings. The summed E-state index contributed by atoms with van der Waals surface area (Å²) in [4.78, 5) is 17.3. The van der Waals surface area contributed by atoms with Crippen molar-refractivity contribution >= 4 is 18.1 Å². The molecule has 33 heavy (non-hydrogen) atoms. The number of carbonyl (C=O) groups is 1. The minimum absolute atomic E-state index is 0.0708. The molecule has 0 bridgehead atoms. The van der Waals surface area contributed by atoms with Gasteiger partial charge in [0.25, 0.3) is 5.91 Å². The van der Waals surface area contributed by atoms with Crippen LogP contribution < -0.4 is 10.2 Å². The number of carbonyl (C=O) groups excluding carboxylic acids is 1. The Morgan fingerprint density at radius 1 is 1.09 bits per heavy atom. The summed E-state index contributed by atoms with van der Waals surface area (Å²) in [6, 6.07) is 17.7. The van der Waals surface area contributed by atoms with Gasteiger partial charge < -0.3 is 4.74 Å². The molecule has 1 aromatic heterocycles. The SMILES string of the molecule is COc1ccc(CONC(=O)/C=C/c2cn(C(/C=C/c3ccccc3)CC(C)C)nn2)cc1. The summed E-state index contributed by atoms with van der Waals surface area (Å²) >= 11 is 0. The lowest BCUT2D eigenvalue weighted by Crippen LogP contribution is -2.21. The van der Waals surface area contributed by atoms with Gasteiger partial charge in [0, 0.05) is 6.08 Å². The molecule has 3 rings (SSSR count). The van der Waals surface area contributed by atoms with Gasteiger partial charge in [0.05, 0.1) is 26.0 Å². The molecule has 7 nitrogen and oxygen atoms in total. The van der Waals surface area contributed by atoms with E-state index in [0.717, 1.165) is 23.3 Å². The van der Waals surface area contributed by atoms with E-state index in [-0.39, 0.29) is 18.6 Å². The first-order valence-electron chi connectivity index (χ1n) is 10.9. The molecular formula is C26H30N4O3. The van der Waals surface area contributed by atoms with Gasteiger partial charge in [-0.3, -0.25) is 9.63 Å². The average molecular weight is 447 g/mol. The number of hydroxylamine groups is 1. The van der Waals surface area contributed by atoms with Crippen LogP contribution in [0.4, 0.5) is 0 Å². The zero-order chi connectivity index (χ0) is 23.5. The Hall–Kier alpha value is -3.71. The molecule has 172 valence electrons. The first kappa shape index (κ1) is 23.9. The van der Waals surface area contributed by atoms with Crippen LogP contribution in [0.15, 0.2) is 72.9 Å². The maximum atomic E-state index is 12.0. The van der Waals surface area contributed by atoms with Gasteiger partial charge in [0.2, 0.25) is 0 Å². The van der Waals surface area contributed by atoms with Gasteiger partial charge in [-0.2, -0.15) is 0 Å². The van der Waals surface area contributed by atoms with Crippen molar-refractivity contribution < 1.29 is 14.4 Å². The van der Waals surface area contributed by atoms with Gasteiger partial charge in [0.15, 0.2) is 0 Å². The van der Waals surface area contributed by atoms with E-state index in [1.807, 2.05) is 53.3 Å². The van der Waals surface area contributed by atoms with E-state index in [0.29, 0.717) is 11.6 Å². The Labute approximate surface area is 194 Å². The number of allylic oxidation sites excluding steroid dienone is 1. The fourth-order valence-corrected chi connectivity index (χ4v) is 3.18. The first-order chi connectivity index (χ1) is 16.0. The average Bonchev–Trinajstić information content (AvgIpc) is 3.30. The highest BCUT2D eigenvalue weighted by atomic mass is 16.6. The number of hydrogen-bond acceptors (Lipinski definition) is 5. The quantitative estimate of drug-likeness (QED) is 0.337. The molecule has 7 heteroatoms. The molecule has 1 amide bonds. The molecule has 1 N–H and O–H groups in total. The van der Waals surface area contributed by atoms with Crippen LogP contribution in [-0.2, 0) is 16.2 Å². The highest BCUT2D eigenvalue weighted by molar-refractivity contribution is 5.90. The minimum atomic E-state index is -0.374. The van der Waals surface area contributed by atoms with Crippen LogP contribution in [0.5, 0.6) is 5.75 Å². The van der Waals surface area contributed by atoms with Gasteiger partial charge in [-0.15, -0.1) is 5.10 Å². The predicted molar refractivity (Wildman–Crippen MR) is 129 cm³/mol. The Bertz CT molecular complexity index is 1060. The monoisotopic (exact) mass is 446 g/mol. The molecule has 0 saturated heterocycles. The van der Waals surface area contributed by atoms with Crippen molar-refractivity contribution in [3.8, 4) is 5.75 Å². The molecule has 0 aliphatic heterocycles. The molecule has 0 radical (unpaired) electrons. The third-order valence-electron chi connectivity index (χ3n) is 4.87. The van der Waals surface area contributed by atoms with Gasteiger partial charge in [-0.1, -0.05) is 73.7 Å². The summed E-state index contributed by atoms with van der Waals surface area (Å²) < 4.78 is 6.95. The molecule has 0 aliphatic carbocycles. The summed E-state index contributed by atoms with van der Waals surface area (Å²) in [6.45, 7) is 4.61. The van der Waals surface area contributed by atoms with Crippen LogP contribution in [0.1, 0.15) is 43.1 Å². The third-order valence-corrected chi connectivity index (χ3v) is 4.87. The van der Waals surface area contributed by atoms with Gasteiger partial charge in [-0.25, -0.2) is 10.2 Å². The largest absolute Gasteiger partial charge is 0.497 e. The number of ether oxygens (including phenoxy) is 1. The molecule has 1 atom stereocenters. The molecule has 0 fully saturated rings. The number of methoxy groups -OCH3 is 1. The zero-order valence-corrected chi connectivity index (χ0v) is 19.2. The molecule has 0 aliphatic rings. The van der Waals surface area contributed by atoms with Crippen molar-refractivity contribution in [3.63, 3.8) is 0 Å². The van der Waals surface area contributed by atoms with Crippen LogP contribution in [-0.4, -0.2) is 28.0 Å². The van der Waals surface area contributed by atoms with Crippen LogP contribution in [0.3, 0.4) is 0 Å². The van der Waals surface area contributed by atoms with Crippen molar-refractivity contribution in [1.29, 1.82) is 0 Å². The van der Waals surface area contributed by atoms with Crippen LogP contribution in [0.25, 0.3) is 12.2 Å². The summed E-state index contributed by atoms with van der Waals surface area (Å²) in [5.41, 5.74) is 5.06. The first-order valence-corrected chi connectivity index (χ1v) is 10.9. The molecule has 1 unspecified atom stereocenters. The maximum Gasteiger partial charge on any atom is 0.267 e. The van der Waals surface area contributed by atoms with Crippen LogP contribution in [0, 0.1) is 5.92 Å². The van der Waals surface area contributed by atoms with E-state index in [4.69, 9.17) is 9.57 Å². The summed E-state index contributed by atoms with van der Waals surface area (Å²) in [5, 5.41) is 8.44. The Balaban J connectivity index is 1.54. The Morgan fingerprint density at radius 2 is 1.85 bits per heavy atom. The summed E-state index contributed by atoms with van der Waals surface area (Å²) in [7, 11) is 1.61. The minimum Gasteiger partial charge on any atom is -0.497 e. The number of aromatic nitrogens is 3. The van der Waals surface area contributed by atoms with E-state index in [2.05, 4.69) is 53.9 Å². The second-order valence-electron chi connectivity index (χ2n) is 8.03. The third kappa shape index (κ3) is 8.05. The highest BCUT2D eigenvalue weighted by Gasteiger charge is 2.12. The van der Waals surface area contributed by atoms with Crippen molar-refractivity contribution in [3.05, 3.63) is 89.8 Å². The van der Waals surface area contributed by atoms with E-state index in [1.165, 1.54) is 6.08 Å². The standard InChI is InChI=1S/C26H30N4O3/c1-20(2)17-24(13-9-21-7-5-4-6-8-21)30-18-23(27-29-30)12-16-26(31)28-33-19-22-10-14-25(32-3)15-11-22/h4-16,18,20,24H,17,19H2,1-3H3,(H,28,31)/b13-9+,16-12+. The van der Waals surface area contributed by atoms with Crippen molar-refractivity contribution in [2.24, 2.45) is 5.92 Å². The van der Waals surface area contributed by atoms with Gasteiger partial charge in [0.1, 0.15) is 11.4 Å². The number of rotatable bonds is 11. The number of benzene rings is 2. The van der Waals surface area contributed by atoms with Gasteiger partial charge >= 0.3 is 0 Å². The number of hydrogen-bond donors (Lipinski definition) is 1. The van der Waals surface area contributed by atoms with Crippen LogP contribution in [0.2, 0.25) is 0 Å². The second kappa shape index (κ2) is 12.4. The Morgan fingerprint density at radius 3 is 2.55 bits per heavy atom. The highest BCUT2D eigenvalue weighted by Crippen LogP contribution is 2.20. The zero-order valence-electron chi connectivity index (χ0n) is 19.2. The molecular weight excluding hydrogens is 416 g/mol. The van der Waals surface area contributed by atoms with E-state index in [9.17, 15) is 4.79 Å². The van der Waals surface area contributed by atoms with Crippen molar-refractivity contribution in [1.82, 2.24) is 20.5 Å². The topological polar surface area (TPSA) is 78.3 Å². The fourth-order valence-electron chi connectivity index (χ4n) is 3.18. The lowest BCUT2D eigenvalue weighted by Gasteiger charge is -2.15. The summed E-state index contributed by atoms with van der Waals surface area (Å²) in [5.74, 6) is 0.887. The fraction of sp³-hybridized carbons (Fsp3) is 0.269. The smallest absolute Gasteiger partial charge is 0.267 e. The molecule has 2 aromatic carbocycles. The lowest BCUT2D eigenvalue weighted by molar-refractivity contribution is -0.129. The summed E-state index contributed by atoms with van der Waals surface area (Å²) in [6.07, 6.45) is 9.98. The van der Waals surface area contributed by atoms with Crippen LogP contribution >= 0.6 is 0 Å². The number of amides is 1. The maximum absolute atomic E-state index is 12.0. The van der Waals surface area contributed by atoms with E-state index in [1.54, 1.807) is 13.2 Å². The van der Waals surface area contributed by atoms with Crippen molar-refractivity contribution in [2.45, 2.75) is 32.9 Å². The Kier molecular flexibility index (Phi) is 8.97. The van der Waals surface area contributed by atoms with E-state index < -0.39 is 0 Å². The molecule has 0 saturated carbocycles. The molecule has 0 spiro atoms. The predicted octanol–water partition coefficient (Wildman–Crippen LogP) is 4.85. The number of nitrogens with zero attached hydrogens (tertiary/aromatic N) is 3. The van der Waals surface area contributed by atoms with E-state index >= 15 is 0 Å². The normalized spacial score (nSPS) is 12.5. The number of nitrogens with one attached hydrogen (secondary N) is 1. The van der Waals surface area contributed by atoms with Gasteiger partial charge in [-0.05, 0) is 41.7 Å². The van der Waals surface area contributed by atoms with Crippen molar-refractivity contribution in [2.75, 3.05) is 7.11 Å². The molecule has 1 heterocycles. The lowest BCUT2D eigenvalue weighted by atomic mass is 10.0.